The van der Waals surface area contributed by atoms with Gasteiger partial charge < -0.3 is 5.32 Å². The third-order valence-corrected chi connectivity index (χ3v) is 5.01. The van der Waals surface area contributed by atoms with Crippen molar-refractivity contribution in [2.75, 3.05) is 14.1 Å². The molecular formula is C16H24ClFN2. The predicted octanol–water partition coefficient (Wildman–Crippen LogP) is 4.00. The first-order valence-electron chi connectivity index (χ1n) is 7.37. The molecule has 1 N–H and O–H groups in total. The Morgan fingerprint density at radius 2 is 1.95 bits per heavy atom. The van der Waals surface area contributed by atoms with E-state index in [-0.39, 0.29) is 16.9 Å². The highest BCUT2D eigenvalue weighted by atomic mass is 35.5. The Kier molecular flexibility index (Phi) is 5.42. The largest absolute Gasteiger partial charge is 0.317 e. The van der Waals surface area contributed by atoms with Crippen molar-refractivity contribution in [1.29, 1.82) is 0 Å². The van der Waals surface area contributed by atoms with E-state index in [1.807, 2.05) is 13.1 Å². The van der Waals surface area contributed by atoms with Crippen LogP contribution < -0.4 is 5.32 Å². The van der Waals surface area contributed by atoms with Gasteiger partial charge >= 0.3 is 0 Å². The molecule has 0 amide bonds. The van der Waals surface area contributed by atoms with Crippen LogP contribution in [0.2, 0.25) is 5.02 Å². The van der Waals surface area contributed by atoms with Gasteiger partial charge in [0.25, 0.3) is 0 Å². The van der Waals surface area contributed by atoms with Crippen LogP contribution in [0.1, 0.15) is 44.2 Å². The minimum absolute atomic E-state index is 0.210. The molecule has 1 unspecified atom stereocenters. The van der Waals surface area contributed by atoms with E-state index in [2.05, 4.69) is 24.2 Å². The van der Waals surface area contributed by atoms with Crippen LogP contribution in [0.3, 0.4) is 0 Å². The lowest BCUT2D eigenvalue weighted by Gasteiger charge is -2.38. The van der Waals surface area contributed by atoms with Gasteiger partial charge in [-0.3, -0.25) is 4.90 Å². The fourth-order valence-corrected chi connectivity index (χ4v) is 3.28. The van der Waals surface area contributed by atoms with Crippen LogP contribution in [0, 0.1) is 5.82 Å². The summed E-state index contributed by atoms with van der Waals surface area (Å²) >= 11 is 5.88. The van der Waals surface area contributed by atoms with Crippen molar-refractivity contribution in [1.82, 2.24) is 10.2 Å². The third kappa shape index (κ3) is 3.51. The average molecular weight is 299 g/mol. The molecule has 2 rings (SSSR count). The van der Waals surface area contributed by atoms with Crippen molar-refractivity contribution in [3.05, 3.63) is 34.6 Å². The van der Waals surface area contributed by atoms with Gasteiger partial charge in [-0.1, -0.05) is 17.7 Å². The third-order valence-electron chi connectivity index (χ3n) is 4.72. The molecule has 0 aliphatic heterocycles. The molecule has 0 saturated heterocycles. The number of rotatable bonds is 4. The monoisotopic (exact) mass is 298 g/mol. The molecule has 0 heterocycles. The maximum atomic E-state index is 13.2. The second kappa shape index (κ2) is 6.88. The van der Waals surface area contributed by atoms with E-state index in [0.29, 0.717) is 12.1 Å². The van der Waals surface area contributed by atoms with Crippen LogP contribution in [0.4, 0.5) is 4.39 Å². The molecular weight excluding hydrogens is 275 g/mol. The van der Waals surface area contributed by atoms with Crippen LogP contribution >= 0.6 is 11.6 Å². The summed E-state index contributed by atoms with van der Waals surface area (Å²) < 4.78 is 13.2. The minimum Gasteiger partial charge on any atom is -0.317 e. The molecule has 1 fully saturated rings. The molecule has 1 aliphatic carbocycles. The van der Waals surface area contributed by atoms with Crippen molar-refractivity contribution < 1.29 is 4.39 Å². The Labute approximate surface area is 126 Å². The predicted molar refractivity (Wildman–Crippen MR) is 82.7 cm³/mol. The number of hydrogen-bond acceptors (Lipinski definition) is 2. The topological polar surface area (TPSA) is 15.3 Å². The number of halogens is 2. The van der Waals surface area contributed by atoms with Crippen LogP contribution in [-0.2, 0) is 0 Å². The molecule has 4 heteroatoms. The van der Waals surface area contributed by atoms with Crippen molar-refractivity contribution in [2.45, 2.75) is 50.7 Å². The van der Waals surface area contributed by atoms with Gasteiger partial charge in [0, 0.05) is 18.1 Å². The van der Waals surface area contributed by atoms with Crippen LogP contribution in [0.25, 0.3) is 0 Å². The zero-order valence-electron chi connectivity index (χ0n) is 12.5. The normalized spacial score (nSPS) is 24.9. The summed E-state index contributed by atoms with van der Waals surface area (Å²) in [6.07, 6.45) is 4.87. The molecule has 1 atom stereocenters. The molecule has 1 aromatic rings. The lowest BCUT2D eigenvalue weighted by Crippen LogP contribution is -2.40. The highest BCUT2D eigenvalue weighted by molar-refractivity contribution is 6.30. The smallest absolute Gasteiger partial charge is 0.141 e. The Hall–Kier alpha value is -0.640. The van der Waals surface area contributed by atoms with Gasteiger partial charge in [0.1, 0.15) is 5.82 Å². The van der Waals surface area contributed by atoms with E-state index >= 15 is 0 Å². The molecule has 0 radical (unpaired) electrons. The lowest BCUT2D eigenvalue weighted by atomic mass is 9.89. The maximum Gasteiger partial charge on any atom is 0.141 e. The molecule has 1 saturated carbocycles. The molecule has 0 bridgehead atoms. The summed E-state index contributed by atoms with van der Waals surface area (Å²) in [7, 11) is 4.20. The van der Waals surface area contributed by atoms with Crippen molar-refractivity contribution in [2.24, 2.45) is 0 Å². The van der Waals surface area contributed by atoms with Crippen molar-refractivity contribution in [3.63, 3.8) is 0 Å². The van der Waals surface area contributed by atoms with E-state index in [1.54, 1.807) is 6.07 Å². The van der Waals surface area contributed by atoms with Gasteiger partial charge in [-0.25, -0.2) is 4.39 Å². The first-order valence-corrected chi connectivity index (χ1v) is 7.75. The summed E-state index contributed by atoms with van der Waals surface area (Å²) in [4.78, 5) is 2.40. The first-order chi connectivity index (χ1) is 9.52. The fraction of sp³-hybridized carbons (Fsp3) is 0.625. The van der Waals surface area contributed by atoms with E-state index in [0.717, 1.165) is 5.56 Å². The van der Waals surface area contributed by atoms with E-state index in [9.17, 15) is 4.39 Å². The maximum absolute atomic E-state index is 13.2. The summed E-state index contributed by atoms with van der Waals surface area (Å²) in [5.41, 5.74) is 1.08. The number of hydrogen-bond donors (Lipinski definition) is 1. The summed E-state index contributed by atoms with van der Waals surface area (Å²) in [6, 6.07) is 6.55. The molecule has 20 heavy (non-hydrogen) atoms. The second-order valence-electron chi connectivity index (χ2n) is 5.81. The summed E-state index contributed by atoms with van der Waals surface area (Å²) in [6.45, 7) is 2.16. The van der Waals surface area contributed by atoms with Crippen molar-refractivity contribution in [3.8, 4) is 0 Å². The highest BCUT2D eigenvalue weighted by Crippen LogP contribution is 2.30. The molecule has 2 nitrogen and oxygen atoms in total. The highest BCUT2D eigenvalue weighted by Gasteiger charge is 2.26. The van der Waals surface area contributed by atoms with Gasteiger partial charge in [-0.05, 0) is 64.4 Å². The molecule has 1 aromatic carbocycles. The Bertz CT molecular complexity index is 444. The van der Waals surface area contributed by atoms with Gasteiger partial charge in [0.2, 0.25) is 0 Å². The molecule has 0 spiro atoms. The minimum atomic E-state index is -0.347. The Morgan fingerprint density at radius 1 is 1.30 bits per heavy atom. The fourth-order valence-electron chi connectivity index (χ4n) is 3.10. The van der Waals surface area contributed by atoms with Crippen LogP contribution in [0.5, 0.6) is 0 Å². The number of benzene rings is 1. The zero-order valence-corrected chi connectivity index (χ0v) is 13.3. The van der Waals surface area contributed by atoms with Crippen LogP contribution in [-0.4, -0.2) is 31.1 Å². The molecule has 1 aliphatic rings. The second-order valence-corrected chi connectivity index (χ2v) is 6.22. The molecule has 112 valence electrons. The van der Waals surface area contributed by atoms with Gasteiger partial charge in [-0.2, -0.15) is 0 Å². The van der Waals surface area contributed by atoms with Crippen molar-refractivity contribution >= 4 is 11.6 Å². The summed E-state index contributed by atoms with van der Waals surface area (Å²) in [5, 5.41) is 3.57. The van der Waals surface area contributed by atoms with E-state index in [4.69, 9.17) is 11.6 Å². The van der Waals surface area contributed by atoms with E-state index in [1.165, 1.54) is 31.7 Å². The summed E-state index contributed by atoms with van der Waals surface area (Å²) in [5.74, 6) is -0.347. The Morgan fingerprint density at radius 3 is 2.50 bits per heavy atom. The van der Waals surface area contributed by atoms with Crippen LogP contribution in [0.15, 0.2) is 18.2 Å². The first kappa shape index (κ1) is 15.7. The van der Waals surface area contributed by atoms with Gasteiger partial charge in [0.15, 0.2) is 0 Å². The van der Waals surface area contributed by atoms with Gasteiger partial charge in [-0.15, -0.1) is 0 Å². The SMILES string of the molecule is CNC1CCC(N(C)C(C)c2ccc(F)c(Cl)c2)CC1. The quantitative estimate of drug-likeness (QED) is 0.904. The number of nitrogens with zero attached hydrogens (tertiary/aromatic N) is 1. The molecule has 0 aromatic heterocycles. The zero-order chi connectivity index (χ0) is 14.7. The average Bonchev–Trinajstić information content (AvgIpc) is 2.48. The Balaban J connectivity index is 2.01. The number of nitrogens with one attached hydrogen (secondary N) is 1. The van der Waals surface area contributed by atoms with Gasteiger partial charge in [0.05, 0.1) is 5.02 Å². The van der Waals surface area contributed by atoms with E-state index < -0.39 is 0 Å². The lowest BCUT2D eigenvalue weighted by molar-refractivity contribution is 0.136. The standard InChI is InChI=1S/C16H24ClFN2/c1-11(12-4-9-16(18)15(17)10-12)20(3)14-7-5-13(19-2)6-8-14/h4,9-11,13-14,19H,5-8H2,1-3H3.